The molecule has 12 heteroatoms. The lowest BCUT2D eigenvalue weighted by Crippen LogP contribution is -2.27. The molecule has 0 aromatic rings. The number of hydrogen-bond donors (Lipinski definition) is 0. The Morgan fingerprint density at radius 3 is 1.03 bits per heavy atom. The van der Waals surface area contributed by atoms with Crippen molar-refractivity contribution in [2.75, 3.05) is 46.1 Å². The molecular weight excluding hydrogens is 935 g/mol. The third-order valence-corrected chi connectivity index (χ3v) is 14.6. The molecule has 0 unspecified atom stereocenters. The van der Waals surface area contributed by atoms with Crippen molar-refractivity contribution in [3.63, 3.8) is 0 Å². The van der Waals surface area contributed by atoms with E-state index in [4.69, 9.17) is 28.4 Å². The van der Waals surface area contributed by atoms with Gasteiger partial charge in [0.2, 0.25) is 0 Å². The molecule has 12 nitrogen and oxygen atoms in total. The SMILES string of the molecule is CCCCCCCCC(CCCCCCCC)OC(=O)CCCCCCC(=O)OCC(COC(=O)CCCCCCC(=O)OC(CCCCCCCC)CCCCCCCC)COC(=O)OCCCN1CCCC1. The molecule has 0 aromatic heterocycles. The smallest absolute Gasteiger partial charge is 0.465 e. The number of hydrogen-bond acceptors (Lipinski definition) is 12. The van der Waals surface area contributed by atoms with Crippen LogP contribution in [0.5, 0.6) is 0 Å². The maximum Gasteiger partial charge on any atom is 0.508 e. The van der Waals surface area contributed by atoms with Gasteiger partial charge in [-0.15, -0.1) is 0 Å². The number of esters is 4. The third-order valence-electron chi connectivity index (χ3n) is 14.6. The van der Waals surface area contributed by atoms with Gasteiger partial charge in [0, 0.05) is 32.2 Å². The van der Waals surface area contributed by atoms with E-state index in [-0.39, 0.29) is 75.4 Å². The van der Waals surface area contributed by atoms with Crippen molar-refractivity contribution >= 4 is 30.0 Å². The van der Waals surface area contributed by atoms with Gasteiger partial charge in [-0.1, -0.05) is 182 Å². The Morgan fingerprint density at radius 2 is 0.662 bits per heavy atom. The van der Waals surface area contributed by atoms with Crippen LogP contribution in [0.25, 0.3) is 0 Å². The monoisotopic (exact) mass is 1050 g/mol. The fourth-order valence-corrected chi connectivity index (χ4v) is 9.80. The molecule has 0 saturated carbocycles. The Hall–Kier alpha value is -2.89. The molecule has 0 atom stereocenters. The van der Waals surface area contributed by atoms with Crippen molar-refractivity contribution in [3.05, 3.63) is 0 Å². The minimum absolute atomic E-state index is 0.0137. The van der Waals surface area contributed by atoms with E-state index in [0.29, 0.717) is 25.7 Å². The summed E-state index contributed by atoms with van der Waals surface area (Å²) in [5, 5.41) is 0. The number of carbonyl (C=O) groups excluding carboxylic acids is 5. The normalized spacial score (nSPS) is 12.7. The molecule has 0 radical (unpaired) electrons. The first-order valence-electron chi connectivity index (χ1n) is 31.4. The van der Waals surface area contributed by atoms with Crippen LogP contribution in [0.3, 0.4) is 0 Å². The van der Waals surface area contributed by atoms with E-state index in [2.05, 4.69) is 32.6 Å². The highest BCUT2D eigenvalue weighted by molar-refractivity contribution is 5.70. The second-order valence-electron chi connectivity index (χ2n) is 21.8. The summed E-state index contributed by atoms with van der Waals surface area (Å²) < 4.78 is 33.9. The molecule has 1 heterocycles. The summed E-state index contributed by atoms with van der Waals surface area (Å²) in [7, 11) is 0. The second kappa shape index (κ2) is 52.2. The number of nitrogens with zero attached hydrogens (tertiary/aromatic N) is 1. The first-order chi connectivity index (χ1) is 36.2. The Bertz CT molecular complexity index is 1210. The highest BCUT2D eigenvalue weighted by atomic mass is 16.7. The van der Waals surface area contributed by atoms with Gasteiger partial charge in [-0.3, -0.25) is 19.2 Å². The van der Waals surface area contributed by atoms with Crippen LogP contribution >= 0.6 is 0 Å². The molecule has 1 rings (SSSR count). The van der Waals surface area contributed by atoms with E-state index in [0.717, 1.165) is 116 Å². The van der Waals surface area contributed by atoms with Gasteiger partial charge >= 0.3 is 30.0 Å². The van der Waals surface area contributed by atoms with Gasteiger partial charge in [-0.2, -0.15) is 0 Å². The van der Waals surface area contributed by atoms with E-state index in [9.17, 15) is 24.0 Å². The number of rotatable bonds is 54. The second-order valence-corrected chi connectivity index (χ2v) is 21.8. The lowest BCUT2D eigenvalue weighted by atomic mass is 10.0. The summed E-state index contributed by atoms with van der Waals surface area (Å²) in [6.07, 6.45) is 42.8. The van der Waals surface area contributed by atoms with Crippen molar-refractivity contribution in [1.29, 1.82) is 0 Å². The molecule has 0 bridgehead atoms. The first kappa shape index (κ1) is 69.1. The standard InChI is InChI=1S/C62H115NO11/c1-5-9-13-17-21-29-40-56(41-30-22-18-14-10-6-2)73-60(66)46-35-27-25-33-44-58(64)70-52-55(54-72-62(68)69-51-39-50-63-48-37-38-49-63)53-71-59(65)45-34-26-28-36-47-61(67)74-57(42-31-23-19-15-11-7-3)43-32-24-20-16-12-8-4/h55-57H,5-54H2,1-4H3. The van der Waals surface area contributed by atoms with Crippen LogP contribution in [-0.2, 0) is 47.6 Å². The Morgan fingerprint density at radius 1 is 0.351 bits per heavy atom. The van der Waals surface area contributed by atoms with Crippen LogP contribution in [0.1, 0.15) is 304 Å². The van der Waals surface area contributed by atoms with Crippen LogP contribution in [0.15, 0.2) is 0 Å². The van der Waals surface area contributed by atoms with Gasteiger partial charge in [0.15, 0.2) is 0 Å². The van der Waals surface area contributed by atoms with Crippen molar-refractivity contribution in [1.82, 2.24) is 4.90 Å². The fourth-order valence-electron chi connectivity index (χ4n) is 9.80. The molecule has 1 saturated heterocycles. The van der Waals surface area contributed by atoms with Crippen molar-refractivity contribution < 1.29 is 52.4 Å². The zero-order valence-electron chi connectivity index (χ0n) is 48.5. The van der Waals surface area contributed by atoms with Crippen LogP contribution < -0.4 is 0 Å². The first-order valence-corrected chi connectivity index (χ1v) is 31.4. The number of likely N-dealkylation sites (tertiary alicyclic amines) is 1. The zero-order valence-corrected chi connectivity index (χ0v) is 48.5. The molecule has 1 aliphatic heterocycles. The minimum Gasteiger partial charge on any atom is -0.465 e. The van der Waals surface area contributed by atoms with Gasteiger partial charge in [0.1, 0.15) is 32.0 Å². The van der Waals surface area contributed by atoms with Crippen LogP contribution in [0.4, 0.5) is 4.79 Å². The molecule has 0 aliphatic carbocycles. The zero-order chi connectivity index (χ0) is 53.8. The lowest BCUT2D eigenvalue weighted by Gasteiger charge is -2.18. The number of ether oxygens (including phenoxy) is 6. The predicted octanol–water partition coefficient (Wildman–Crippen LogP) is 16.8. The molecule has 0 spiro atoms. The summed E-state index contributed by atoms with van der Waals surface area (Å²) >= 11 is 0. The number of carbonyl (C=O) groups is 5. The fraction of sp³-hybridized carbons (Fsp3) is 0.919. The van der Waals surface area contributed by atoms with Gasteiger partial charge in [-0.25, -0.2) is 4.79 Å². The van der Waals surface area contributed by atoms with Gasteiger partial charge in [0.05, 0.1) is 12.5 Å². The van der Waals surface area contributed by atoms with E-state index < -0.39 is 12.1 Å². The van der Waals surface area contributed by atoms with Crippen molar-refractivity contribution in [2.24, 2.45) is 5.92 Å². The Balaban J connectivity index is 2.49. The lowest BCUT2D eigenvalue weighted by molar-refractivity contribution is -0.151. The maximum atomic E-state index is 12.8. The third kappa shape index (κ3) is 45.3. The highest BCUT2D eigenvalue weighted by Gasteiger charge is 2.20. The van der Waals surface area contributed by atoms with E-state index >= 15 is 0 Å². The van der Waals surface area contributed by atoms with Gasteiger partial charge in [-0.05, 0) is 109 Å². The van der Waals surface area contributed by atoms with E-state index in [1.807, 2.05) is 0 Å². The molecule has 0 amide bonds. The Kier molecular flexibility index (Phi) is 48.7. The quantitative estimate of drug-likeness (QED) is 0.0325. The predicted molar refractivity (Wildman–Crippen MR) is 300 cm³/mol. The van der Waals surface area contributed by atoms with E-state index in [1.165, 1.54) is 141 Å². The van der Waals surface area contributed by atoms with Crippen LogP contribution in [0, 0.1) is 5.92 Å². The van der Waals surface area contributed by atoms with Crippen molar-refractivity contribution in [2.45, 2.75) is 316 Å². The maximum absolute atomic E-state index is 12.8. The summed E-state index contributed by atoms with van der Waals surface area (Å²) in [6.45, 7) is 12.0. The average molecular weight is 1050 g/mol. The summed E-state index contributed by atoms with van der Waals surface area (Å²) in [4.78, 5) is 66.1. The topological polar surface area (TPSA) is 144 Å². The molecule has 74 heavy (non-hydrogen) atoms. The average Bonchev–Trinajstić information content (AvgIpc) is 3.92. The summed E-state index contributed by atoms with van der Waals surface area (Å²) in [5.74, 6) is -1.50. The molecule has 434 valence electrons. The van der Waals surface area contributed by atoms with Crippen molar-refractivity contribution in [3.8, 4) is 0 Å². The molecule has 1 aliphatic rings. The summed E-state index contributed by atoms with van der Waals surface area (Å²) in [6, 6.07) is 0. The molecular formula is C62H115NO11. The summed E-state index contributed by atoms with van der Waals surface area (Å²) in [5.41, 5.74) is 0. The van der Waals surface area contributed by atoms with Crippen LogP contribution in [-0.4, -0.2) is 93.2 Å². The molecule has 0 aromatic carbocycles. The Labute approximate surface area is 453 Å². The van der Waals surface area contributed by atoms with E-state index in [1.54, 1.807) is 0 Å². The molecule has 1 fully saturated rings. The van der Waals surface area contributed by atoms with Crippen LogP contribution in [0.2, 0.25) is 0 Å². The largest absolute Gasteiger partial charge is 0.508 e. The number of unbranched alkanes of at least 4 members (excludes halogenated alkanes) is 26. The van der Waals surface area contributed by atoms with Gasteiger partial charge in [0.25, 0.3) is 0 Å². The minimum atomic E-state index is -0.793. The molecule has 0 N–H and O–H groups in total. The van der Waals surface area contributed by atoms with Gasteiger partial charge < -0.3 is 33.3 Å². The highest BCUT2D eigenvalue weighted by Crippen LogP contribution is 2.21.